The maximum Gasteiger partial charge on any atom is 0.260 e. The Balaban J connectivity index is 2.42. The number of rotatable bonds is 8. The number of nitrogens with two attached hydrogens (primary N) is 1. The smallest absolute Gasteiger partial charge is 0.260 e. The van der Waals surface area contributed by atoms with E-state index in [0.717, 1.165) is 19.4 Å². The Morgan fingerprint density at radius 3 is 2.60 bits per heavy atom. The molecule has 0 bridgehead atoms. The topological polar surface area (TPSA) is 93.2 Å². The monoisotopic (exact) mass is 303 g/mol. The molecule has 1 aromatic rings. The lowest BCUT2D eigenvalue weighted by atomic mass is 10.2. The highest BCUT2D eigenvalue weighted by atomic mass is 32.2. The average molecular weight is 303 g/mol. The fourth-order valence-corrected chi connectivity index (χ4v) is 3.09. The molecule has 8 heteroatoms. The molecule has 116 valence electrons. The van der Waals surface area contributed by atoms with E-state index in [1.165, 1.54) is 10.9 Å². The van der Waals surface area contributed by atoms with Crippen LogP contribution in [0.25, 0.3) is 0 Å². The number of aryl methyl sites for hydroxylation is 1. The van der Waals surface area contributed by atoms with Crippen molar-refractivity contribution in [3.8, 4) is 0 Å². The summed E-state index contributed by atoms with van der Waals surface area (Å²) >= 11 is 0. The summed E-state index contributed by atoms with van der Waals surface area (Å²) in [4.78, 5) is 6.01. The van der Waals surface area contributed by atoms with E-state index >= 15 is 0 Å². The number of nitrogens with zero attached hydrogens (tertiary/aromatic N) is 3. The van der Waals surface area contributed by atoms with E-state index in [-0.39, 0.29) is 10.8 Å². The van der Waals surface area contributed by atoms with E-state index in [1.807, 2.05) is 0 Å². The Hall–Kier alpha value is -1.12. The van der Waals surface area contributed by atoms with Crippen LogP contribution in [0, 0.1) is 0 Å². The van der Waals surface area contributed by atoms with Gasteiger partial charge in [-0.15, -0.1) is 0 Å². The summed E-state index contributed by atoms with van der Waals surface area (Å²) in [5.74, 6) is 0.0274. The second-order valence-corrected chi connectivity index (χ2v) is 6.91. The molecule has 1 heterocycles. The van der Waals surface area contributed by atoms with Crippen molar-refractivity contribution < 1.29 is 8.42 Å². The van der Waals surface area contributed by atoms with Gasteiger partial charge in [0.2, 0.25) is 0 Å². The molecule has 0 saturated heterocycles. The summed E-state index contributed by atoms with van der Waals surface area (Å²) < 4.78 is 28.1. The summed E-state index contributed by atoms with van der Waals surface area (Å²) in [6.07, 6.45) is 3.12. The normalized spacial score (nSPS) is 12.5. The summed E-state index contributed by atoms with van der Waals surface area (Å²) in [5.41, 5.74) is 5.57. The highest BCUT2D eigenvalue weighted by Gasteiger charge is 2.21. The van der Waals surface area contributed by atoms with Gasteiger partial charge in [0.1, 0.15) is 0 Å². The number of sulfonamides is 1. The first-order chi connectivity index (χ1) is 9.25. The fraction of sp³-hybridized carbons (Fsp3) is 0.750. The van der Waals surface area contributed by atoms with Crippen LogP contribution in [0.1, 0.15) is 26.7 Å². The van der Waals surface area contributed by atoms with Crippen molar-refractivity contribution in [3.63, 3.8) is 0 Å². The lowest BCUT2D eigenvalue weighted by Gasteiger charge is -2.20. The highest BCUT2D eigenvalue weighted by molar-refractivity contribution is 7.89. The first-order valence-electron chi connectivity index (χ1n) is 6.72. The number of aromatic nitrogens is 2. The molecule has 7 nitrogen and oxygen atoms in total. The van der Waals surface area contributed by atoms with E-state index in [0.29, 0.717) is 12.6 Å². The van der Waals surface area contributed by atoms with Crippen LogP contribution in [0.4, 0.5) is 5.82 Å². The van der Waals surface area contributed by atoms with Gasteiger partial charge in [-0.05, 0) is 40.3 Å². The number of nitrogens with one attached hydrogen (secondary N) is 1. The van der Waals surface area contributed by atoms with Crippen LogP contribution in [0.2, 0.25) is 0 Å². The second kappa shape index (κ2) is 7.05. The van der Waals surface area contributed by atoms with E-state index in [1.54, 1.807) is 7.05 Å². The molecule has 0 fully saturated rings. The number of unbranched alkanes of at least 4 members (excludes halogenated alkanes) is 1. The Labute approximate surface area is 121 Å². The molecular weight excluding hydrogens is 278 g/mol. The van der Waals surface area contributed by atoms with E-state index in [2.05, 4.69) is 35.5 Å². The average Bonchev–Trinajstić information content (AvgIpc) is 2.68. The van der Waals surface area contributed by atoms with Crippen LogP contribution in [-0.2, 0) is 17.1 Å². The summed E-state index contributed by atoms with van der Waals surface area (Å²) in [5, 5.41) is 0.0248. The second-order valence-electron chi connectivity index (χ2n) is 5.23. The number of hydrogen-bond acceptors (Lipinski definition) is 5. The van der Waals surface area contributed by atoms with Crippen LogP contribution < -0.4 is 10.5 Å². The van der Waals surface area contributed by atoms with Gasteiger partial charge in [-0.3, -0.25) is 0 Å². The van der Waals surface area contributed by atoms with Gasteiger partial charge in [0.05, 0.1) is 6.33 Å². The van der Waals surface area contributed by atoms with Gasteiger partial charge in [-0.2, -0.15) is 0 Å². The van der Waals surface area contributed by atoms with Crippen molar-refractivity contribution in [1.29, 1.82) is 0 Å². The van der Waals surface area contributed by atoms with Crippen molar-refractivity contribution >= 4 is 15.8 Å². The predicted molar refractivity (Wildman–Crippen MR) is 79.8 cm³/mol. The molecule has 0 saturated carbocycles. The summed E-state index contributed by atoms with van der Waals surface area (Å²) in [6.45, 7) is 5.62. The molecule has 0 aliphatic heterocycles. The molecule has 1 rings (SSSR count). The molecule has 0 aliphatic carbocycles. The molecule has 0 aromatic carbocycles. The molecule has 3 N–H and O–H groups in total. The van der Waals surface area contributed by atoms with Gasteiger partial charge in [0.15, 0.2) is 10.8 Å². The van der Waals surface area contributed by atoms with Crippen LogP contribution in [-0.4, -0.2) is 49.0 Å². The van der Waals surface area contributed by atoms with Crippen molar-refractivity contribution in [2.75, 3.05) is 25.9 Å². The maximum absolute atomic E-state index is 12.1. The van der Waals surface area contributed by atoms with Crippen LogP contribution in [0.5, 0.6) is 0 Å². The Bertz CT molecular complexity index is 504. The highest BCUT2D eigenvalue weighted by Crippen LogP contribution is 2.14. The first-order valence-corrected chi connectivity index (χ1v) is 8.20. The van der Waals surface area contributed by atoms with Crippen molar-refractivity contribution in [2.24, 2.45) is 7.05 Å². The third kappa shape index (κ3) is 4.46. The minimum Gasteiger partial charge on any atom is -0.381 e. The quantitative estimate of drug-likeness (QED) is 0.678. The molecule has 0 unspecified atom stereocenters. The largest absolute Gasteiger partial charge is 0.381 e. The minimum absolute atomic E-state index is 0.0248. The van der Waals surface area contributed by atoms with Gasteiger partial charge in [0.25, 0.3) is 10.0 Å². The Morgan fingerprint density at radius 2 is 2.10 bits per heavy atom. The van der Waals surface area contributed by atoms with E-state index < -0.39 is 10.0 Å². The Morgan fingerprint density at radius 1 is 1.45 bits per heavy atom. The van der Waals surface area contributed by atoms with Crippen molar-refractivity contribution in [1.82, 2.24) is 19.2 Å². The Kier molecular flexibility index (Phi) is 5.97. The van der Waals surface area contributed by atoms with Gasteiger partial charge in [-0.1, -0.05) is 0 Å². The number of anilines is 1. The molecule has 0 atom stereocenters. The molecule has 0 amide bonds. The number of imidazole rings is 1. The van der Waals surface area contributed by atoms with Crippen molar-refractivity contribution in [3.05, 3.63) is 6.33 Å². The van der Waals surface area contributed by atoms with Crippen LogP contribution in [0.15, 0.2) is 11.4 Å². The summed E-state index contributed by atoms with van der Waals surface area (Å²) in [6, 6.07) is 0.501. The summed E-state index contributed by atoms with van der Waals surface area (Å²) in [7, 11) is 0.0839. The third-order valence-electron chi connectivity index (χ3n) is 3.28. The predicted octanol–water partition coefficient (Wildman–Crippen LogP) is 0.401. The van der Waals surface area contributed by atoms with Crippen LogP contribution >= 0.6 is 0 Å². The van der Waals surface area contributed by atoms with Gasteiger partial charge < -0.3 is 15.2 Å². The zero-order valence-electron chi connectivity index (χ0n) is 12.6. The first kappa shape index (κ1) is 16.9. The molecule has 0 spiro atoms. The minimum atomic E-state index is -3.58. The molecule has 20 heavy (non-hydrogen) atoms. The molecule has 0 radical (unpaired) electrons. The SMILES string of the molecule is CC(C)N(C)CCCCNS(=O)(=O)c1c(N)ncn1C. The van der Waals surface area contributed by atoms with E-state index in [4.69, 9.17) is 5.73 Å². The molecule has 1 aromatic heterocycles. The zero-order chi connectivity index (χ0) is 15.3. The van der Waals surface area contributed by atoms with Crippen LogP contribution in [0.3, 0.4) is 0 Å². The van der Waals surface area contributed by atoms with E-state index in [9.17, 15) is 8.42 Å². The molecular formula is C12H25N5O2S. The molecule has 0 aliphatic rings. The maximum atomic E-state index is 12.1. The standard InChI is InChI=1S/C12H25N5O2S/c1-10(2)16(3)8-6-5-7-15-20(18,19)12-11(13)14-9-17(12)4/h9-10,15H,5-8,13H2,1-4H3. The lowest BCUT2D eigenvalue weighted by molar-refractivity contribution is 0.268. The van der Waals surface area contributed by atoms with Gasteiger partial charge in [0, 0.05) is 19.6 Å². The van der Waals surface area contributed by atoms with Crippen molar-refractivity contribution in [2.45, 2.75) is 37.8 Å². The van der Waals surface area contributed by atoms with Gasteiger partial charge >= 0.3 is 0 Å². The zero-order valence-corrected chi connectivity index (χ0v) is 13.4. The third-order valence-corrected chi connectivity index (χ3v) is 4.87. The van der Waals surface area contributed by atoms with Gasteiger partial charge in [-0.25, -0.2) is 18.1 Å². The number of hydrogen-bond donors (Lipinski definition) is 2. The number of nitrogen functional groups attached to an aromatic ring is 1. The fourth-order valence-electron chi connectivity index (χ4n) is 1.78. The lowest BCUT2D eigenvalue weighted by Crippen LogP contribution is -2.29.